The van der Waals surface area contributed by atoms with E-state index in [9.17, 15) is 0 Å². The van der Waals surface area contributed by atoms with E-state index in [4.69, 9.17) is 15.2 Å². The van der Waals surface area contributed by atoms with Crippen molar-refractivity contribution in [3.8, 4) is 11.5 Å². The minimum atomic E-state index is 0.465. The molecule has 0 saturated carbocycles. The maximum absolute atomic E-state index is 5.99. The average molecular weight is 321 g/mol. The van der Waals surface area contributed by atoms with Gasteiger partial charge in [0, 0.05) is 24.7 Å². The van der Waals surface area contributed by atoms with Crippen molar-refractivity contribution in [2.75, 3.05) is 36.6 Å². The van der Waals surface area contributed by atoms with Crippen molar-refractivity contribution in [2.24, 2.45) is 16.6 Å². The van der Waals surface area contributed by atoms with Gasteiger partial charge in [-0.2, -0.15) is 11.8 Å². The van der Waals surface area contributed by atoms with Crippen LogP contribution in [0.4, 0.5) is 5.69 Å². The monoisotopic (exact) mass is 321 g/mol. The zero-order chi connectivity index (χ0) is 15.2. The Morgan fingerprint density at radius 3 is 2.82 bits per heavy atom. The van der Waals surface area contributed by atoms with Crippen molar-refractivity contribution >= 4 is 23.4 Å². The Labute approximate surface area is 135 Å². The highest BCUT2D eigenvalue weighted by Gasteiger charge is 2.13. The highest BCUT2D eigenvalue weighted by molar-refractivity contribution is 7.99. The topological polar surface area (TPSA) is 68.9 Å². The Morgan fingerprint density at radius 1 is 1.23 bits per heavy atom. The van der Waals surface area contributed by atoms with Gasteiger partial charge in [-0.1, -0.05) is 0 Å². The summed E-state index contributed by atoms with van der Waals surface area (Å²) in [6, 6.07) is 5.77. The van der Waals surface area contributed by atoms with Gasteiger partial charge in [0.15, 0.2) is 17.5 Å². The molecule has 120 valence electrons. The van der Waals surface area contributed by atoms with Gasteiger partial charge < -0.3 is 20.5 Å². The lowest BCUT2D eigenvalue weighted by molar-refractivity contribution is 0.297. The van der Waals surface area contributed by atoms with Crippen LogP contribution in [-0.4, -0.2) is 37.2 Å². The molecule has 0 amide bonds. The zero-order valence-electron chi connectivity index (χ0n) is 12.7. The van der Waals surface area contributed by atoms with Crippen molar-refractivity contribution in [1.29, 1.82) is 0 Å². The first-order valence-corrected chi connectivity index (χ1v) is 9.01. The molecule has 1 aromatic rings. The smallest absolute Gasteiger partial charge is 0.193 e. The molecule has 0 radical (unpaired) electrons. The van der Waals surface area contributed by atoms with E-state index in [1.165, 1.54) is 24.3 Å². The van der Waals surface area contributed by atoms with E-state index in [2.05, 4.69) is 10.3 Å². The second kappa shape index (κ2) is 7.63. The summed E-state index contributed by atoms with van der Waals surface area (Å²) in [6.45, 7) is 2.19. The van der Waals surface area contributed by atoms with Gasteiger partial charge in [0.05, 0.1) is 13.2 Å². The first kappa shape index (κ1) is 15.3. The van der Waals surface area contributed by atoms with Crippen LogP contribution in [0.2, 0.25) is 0 Å². The number of thioether (sulfide) groups is 1. The molecule has 0 bridgehead atoms. The molecule has 0 spiro atoms. The summed E-state index contributed by atoms with van der Waals surface area (Å²) >= 11 is 2.03. The van der Waals surface area contributed by atoms with Gasteiger partial charge in [-0.15, -0.1) is 0 Å². The van der Waals surface area contributed by atoms with Crippen LogP contribution in [0.5, 0.6) is 11.5 Å². The van der Waals surface area contributed by atoms with E-state index in [0.717, 1.165) is 30.2 Å². The third-order valence-corrected chi connectivity index (χ3v) is 4.93. The molecule has 2 aliphatic rings. The molecule has 3 N–H and O–H groups in total. The van der Waals surface area contributed by atoms with Crippen LogP contribution < -0.4 is 20.5 Å². The number of nitrogens with two attached hydrogens (primary N) is 1. The molecule has 0 atom stereocenters. The first-order valence-electron chi connectivity index (χ1n) is 7.85. The number of nitrogens with zero attached hydrogens (tertiary/aromatic N) is 1. The minimum absolute atomic E-state index is 0.465. The molecule has 3 rings (SSSR count). The largest absolute Gasteiger partial charge is 0.490 e. The van der Waals surface area contributed by atoms with Crippen LogP contribution in [0.1, 0.15) is 19.3 Å². The van der Waals surface area contributed by atoms with Crippen LogP contribution >= 0.6 is 11.8 Å². The van der Waals surface area contributed by atoms with Crippen LogP contribution in [0.15, 0.2) is 23.2 Å². The van der Waals surface area contributed by atoms with E-state index in [1.54, 1.807) is 0 Å². The summed E-state index contributed by atoms with van der Waals surface area (Å²) in [4.78, 5) is 4.48. The number of anilines is 1. The molecule has 1 saturated heterocycles. The highest BCUT2D eigenvalue weighted by Crippen LogP contribution is 2.32. The maximum atomic E-state index is 5.99. The fourth-order valence-electron chi connectivity index (χ4n) is 2.58. The third-order valence-electron chi connectivity index (χ3n) is 3.88. The number of fused-ring (bicyclic) bond motifs is 1. The molecule has 2 aliphatic heterocycles. The molecule has 0 aromatic heterocycles. The lowest BCUT2D eigenvalue weighted by Gasteiger charge is -2.19. The van der Waals surface area contributed by atoms with E-state index in [1.807, 2.05) is 30.0 Å². The van der Waals surface area contributed by atoms with Gasteiger partial charge in [0.1, 0.15) is 0 Å². The number of ether oxygens (including phenoxy) is 2. The molecule has 0 unspecified atom stereocenters. The van der Waals surface area contributed by atoms with Gasteiger partial charge in [-0.3, -0.25) is 4.99 Å². The van der Waals surface area contributed by atoms with E-state index < -0.39 is 0 Å². The molecule has 6 heteroatoms. The standard InChI is InChI=1S/C16H23N3O2S/c17-16(18-11-12-4-8-22-9-5-12)19-13-2-3-14-15(10-13)21-7-1-6-20-14/h2-3,10,12H,1,4-9,11H2,(H3,17,18,19). The lowest BCUT2D eigenvalue weighted by atomic mass is 10.0. The molecule has 22 heavy (non-hydrogen) atoms. The van der Waals surface area contributed by atoms with E-state index >= 15 is 0 Å². The van der Waals surface area contributed by atoms with Gasteiger partial charge >= 0.3 is 0 Å². The van der Waals surface area contributed by atoms with Gasteiger partial charge in [0.2, 0.25) is 0 Å². The Hall–Kier alpha value is -1.56. The van der Waals surface area contributed by atoms with Crippen molar-refractivity contribution in [3.05, 3.63) is 18.2 Å². The molecule has 1 fully saturated rings. The fraction of sp³-hybridized carbons (Fsp3) is 0.562. The molecular weight excluding hydrogens is 298 g/mol. The fourth-order valence-corrected chi connectivity index (χ4v) is 3.79. The van der Waals surface area contributed by atoms with E-state index in [-0.39, 0.29) is 0 Å². The van der Waals surface area contributed by atoms with Gasteiger partial charge in [-0.25, -0.2) is 0 Å². The number of benzene rings is 1. The zero-order valence-corrected chi connectivity index (χ0v) is 13.5. The van der Waals surface area contributed by atoms with E-state index in [0.29, 0.717) is 25.1 Å². The maximum Gasteiger partial charge on any atom is 0.193 e. The number of hydrogen-bond donors (Lipinski definition) is 2. The second-order valence-electron chi connectivity index (χ2n) is 5.62. The number of guanidine groups is 1. The van der Waals surface area contributed by atoms with Crippen molar-refractivity contribution in [1.82, 2.24) is 0 Å². The van der Waals surface area contributed by atoms with Crippen LogP contribution in [0.25, 0.3) is 0 Å². The number of rotatable bonds is 3. The van der Waals surface area contributed by atoms with Crippen molar-refractivity contribution in [2.45, 2.75) is 19.3 Å². The second-order valence-corrected chi connectivity index (χ2v) is 6.84. The average Bonchev–Trinajstić information content (AvgIpc) is 2.79. The summed E-state index contributed by atoms with van der Waals surface area (Å²) < 4.78 is 11.3. The Bertz CT molecular complexity index is 530. The molecule has 2 heterocycles. The quantitative estimate of drug-likeness (QED) is 0.662. The van der Waals surface area contributed by atoms with Crippen LogP contribution in [0, 0.1) is 5.92 Å². The number of nitrogens with one attached hydrogen (secondary N) is 1. The molecule has 0 aliphatic carbocycles. The SMILES string of the molecule is NC(=NCC1CCSCC1)Nc1ccc2c(c1)OCCCO2. The Kier molecular flexibility index (Phi) is 5.32. The van der Waals surface area contributed by atoms with Crippen LogP contribution in [0.3, 0.4) is 0 Å². The van der Waals surface area contributed by atoms with Gasteiger partial charge in [-0.05, 0) is 42.4 Å². The summed E-state index contributed by atoms with van der Waals surface area (Å²) in [5.74, 6) is 5.18. The normalized spacial score (nSPS) is 19.5. The summed E-state index contributed by atoms with van der Waals surface area (Å²) in [5, 5.41) is 3.14. The van der Waals surface area contributed by atoms with Crippen molar-refractivity contribution < 1.29 is 9.47 Å². The number of aliphatic imine (C=N–C) groups is 1. The van der Waals surface area contributed by atoms with Gasteiger partial charge in [0.25, 0.3) is 0 Å². The first-order chi connectivity index (χ1) is 10.8. The predicted molar refractivity (Wildman–Crippen MR) is 92.2 cm³/mol. The molecular formula is C16H23N3O2S. The third kappa shape index (κ3) is 4.22. The number of hydrogen-bond acceptors (Lipinski definition) is 4. The summed E-state index contributed by atoms with van der Waals surface area (Å²) in [7, 11) is 0. The molecule has 5 nitrogen and oxygen atoms in total. The minimum Gasteiger partial charge on any atom is -0.490 e. The Balaban J connectivity index is 1.58. The summed E-state index contributed by atoms with van der Waals surface area (Å²) in [5.41, 5.74) is 6.87. The summed E-state index contributed by atoms with van der Waals surface area (Å²) in [6.07, 6.45) is 3.39. The molecule has 1 aromatic carbocycles. The highest BCUT2D eigenvalue weighted by atomic mass is 32.2. The van der Waals surface area contributed by atoms with Crippen molar-refractivity contribution in [3.63, 3.8) is 0 Å². The van der Waals surface area contributed by atoms with Crippen LogP contribution in [-0.2, 0) is 0 Å². The Morgan fingerprint density at radius 2 is 2.00 bits per heavy atom. The lowest BCUT2D eigenvalue weighted by Crippen LogP contribution is -2.24. The predicted octanol–water partition coefficient (Wildman–Crippen LogP) is 2.72.